The van der Waals surface area contributed by atoms with Crippen LogP contribution in [-0.4, -0.2) is 50.9 Å². The first-order chi connectivity index (χ1) is 13.7. The summed E-state index contributed by atoms with van der Waals surface area (Å²) >= 11 is 0. The maximum absolute atomic E-state index is 12.0. The lowest BCUT2D eigenvalue weighted by molar-refractivity contribution is -0.290. The van der Waals surface area contributed by atoms with Crippen LogP contribution in [0.3, 0.4) is 0 Å². The molecular weight excluding hydrogens is 380 g/mol. The topological polar surface area (TPSA) is 97.4 Å². The van der Waals surface area contributed by atoms with Gasteiger partial charge in [0.05, 0.1) is 5.92 Å². The zero-order chi connectivity index (χ0) is 22.1. The fourth-order valence-corrected chi connectivity index (χ4v) is 2.36. The highest BCUT2D eigenvalue weighted by molar-refractivity contribution is 5.73. The Morgan fingerprint density at radius 1 is 0.931 bits per heavy atom. The smallest absolute Gasteiger partial charge is 0.308 e. The predicted octanol–water partition coefficient (Wildman–Crippen LogP) is 3.38. The van der Waals surface area contributed by atoms with Crippen molar-refractivity contribution >= 4 is 17.9 Å². The van der Waals surface area contributed by atoms with Crippen LogP contribution in [0, 0.1) is 11.3 Å². The summed E-state index contributed by atoms with van der Waals surface area (Å²) in [7, 11) is 0. The van der Waals surface area contributed by atoms with E-state index in [0.29, 0.717) is 6.42 Å². The maximum Gasteiger partial charge on any atom is 0.308 e. The van der Waals surface area contributed by atoms with Crippen molar-refractivity contribution in [2.24, 2.45) is 11.3 Å². The zero-order valence-electron chi connectivity index (χ0n) is 18.2. The molecule has 0 aromatic carbocycles. The van der Waals surface area contributed by atoms with Gasteiger partial charge in [0.1, 0.15) is 33.0 Å². The van der Waals surface area contributed by atoms with Crippen LogP contribution in [0.2, 0.25) is 0 Å². The molecule has 0 amide bonds. The number of hydrogen-bond acceptors (Lipinski definition) is 8. The highest BCUT2D eigenvalue weighted by Gasteiger charge is 2.24. The van der Waals surface area contributed by atoms with Crippen molar-refractivity contribution in [3.05, 3.63) is 12.7 Å². The summed E-state index contributed by atoms with van der Waals surface area (Å²) in [4.78, 5) is 44.5. The Labute approximate surface area is 173 Å². The molecule has 1 atom stereocenters. The fraction of sp³-hybridized carbons (Fsp3) is 0.762. The quantitative estimate of drug-likeness (QED) is 0.0889. The van der Waals surface area contributed by atoms with Gasteiger partial charge in [0.2, 0.25) is 0 Å². The third kappa shape index (κ3) is 15.6. The molecule has 0 N–H and O–H groups in total. The van der Waals surface area contributed by atoms with Crippen molar-refractivity contribution in [1.29, 1.82) is 0 Å². The molecule has 0 fully saturated rings. The first-order valence-electron chi connectivity index (χ1n) is 10.0. The van der Waals surface area contributed by atoms with Crippen molar-refractivity contribution in [3.63, 3.8) is 0 Å². The molecule has 0 bridgehead atoms. The van der Waals surface area contributed by atoms with Crippen molar-refractivity contribution in [2.45, 2.75) is 59.8 Å². The SMILES string of the molecule is C=CCOOCCOC(=O)CCCC(=O)OCCOC(=O)C(C)CC(C)(C)CC. The molecule has 8 nitrogen and oxygen atoms in total. The molecule has 0 aliphatic heterocycles. The highest BCUT2D eigenvalue weighted by atomic mass is 17.2. The van der Waals surface area contributed by atoms with Crippen LogP contribution < -0.4 is 0 Å². The number of carbonyl (C=O) groups excluding carboxylic acids is 3. The Balaban J connectivity index is 3.70. The summed E-state index contributed by atoms with van der Waals surface area (Å²) in [6, 6.07) is 0. The summed E-state index contributed by atoms with van der Waals surface area (Å²) in [5.74, 6) is -1.37. The molecular formula is C21H36O8. The Morgan fingerprint density at radius 2 is 1.48 bits per heavy atom. The molecule has 0 spiro atoms. The molecule has 0 radical (unpaired) electrons. The van der Waals surface area contributed by atoms with Gasteiger partial charge in [-0.05, 0) is 18.3 Å². The second-order valence-electron chi connectivity index (χ2n) is 7.48. The van der Waals surface area contributed by atoms with E-state index in [-0.39, 0.29) is 63.2 Å². The number of esters is 3. The number of ether oxygens (including phenoxy) is 3. The summed E-state index contributed by atoms with van der Waals surface area (Å²) in [5.41, 5.74) is 0.0817. The van der Waals surface area contributed by atoms with E-state index in [1.54, 1.807) is 0 Å². The van der Waals surface area contributed by atoms with Crippen LogP contribution in [0.25, 0.3) is 0 Å². The molecule has 0 aromatic rings. The molecule has 0 aliphatic carbocycles. The molecule has 0 saturated carbocycles. The Bertz CT molecular complexity index is 501. The van der Waals surface area contributed by atoms with Crippen molar-refractivity contribution in [2.75, 3.05) is 33.0 Å². The van der Waals surface area contributed by atoms with Crippen molar-refractivity contribution in [1.82, 2.24) is 0 Å². The van der Waals surface area contributed by atoms with Gasteiger partial charge in [-0.3, -0.25) is 14.4 Å². The van der Waals surface area contributed by atoms with Gasteiger partial charge in [-0.2, -0.15) is 0 Å². The van der Waals surface area contributed by atoms with E-state index in [9.17, 15) is 14.4 Å². The molecule has 0 rings (SSSR count). The molecule has 168 valence electrons. The lowest BCUT2D eigenvalue weighted by Gasteiger charge is -2.25. The van der Waals surface area contributed by atoms with Gasteiger partial charge >= 0.3 is 17.9 Å². The summed E-state index contributed by atoms with van der Waals surface area (Å²) < 4.78 is 15.1. The average Bonchev–Trinajstić information content (AvgIpc) is 2.67. The van der Waals surface area contributed by atoms with Crippen LogP contribution in [0.1, 0.15) is 59.8 Å². The first kappa shape index (κ1) is 27.1. The lowest BCUT2D eigenvalue weighted by Crippen LogP contribution is -2.23. The molecule has 0 heterocycles. The van der Waals surface area contributed by atoms with Crippen LogP contribution in [-0.2, 0) is 38.4 Å². The molecule has 29 heavy (non-hydrogen) atoms. The van der Waals surface area contributed by atoms with Crippen LogP contribution in [0.15, 0.2) is 12.7 Å². The minimum atomic E-state index is -0.449. The van der Waals surface area contributed by atoms with E-state index < -0.39 is 11.9 Å². The van der Waals surface area contributed by atoms with Crippen LogP contribution in [0.4, 0.5) is 0 Å². The summed E-state index contributed by atoms with van der Waals surface area (Å²) in [6.07, 6.45) is 3.75. The van der Waals surface area contributed by atoms with Gasteiger partial charge in [-0.1, -0.05) is 40.2 Å². The predicted molar refractivity (Wildman–Crippen MR) is 107 cm³/mol. The minimum Gasteiger partial charge on any atom is -0.463 e. The van der Waals surface area contributed by atoms with E-state index in [2.05, 4.69) is 32.2 Å². The van der Waals surface area contributed by atoms with E-state index in [0.717, 1.165) is 12.8 Å². The zero-order valence-corrected chi connectivity index (χ0v) is 18.2. The standard InChI is InChI=1S/C21H36O8/c1-6-11-28-29-15-14-26-19(23)10-8-9-18(22)25-12-13-27-20(24)17(3)16-21(4,5)7-2/h6,17H,1,7-16H2,2-5H3. The van der Waals surface area contributed by atoms with Gasteiger partial charge in [-0.25, -0.2) is 9.78 Å². The Kier molecular flexibility index (Phi) is 14.9. The fourth-order valence-electron chi connectivity index (χ4n) is 2.36. The van der Waals surface area contributed by atoms with E-state index >= 15 is 0 Å². The summed E-state index contributed by atoms with van der Waals surface area (Å²) in [5, 5.41) is 0. The van der Waals surface area contributed by atoms with Gasteiger partial charge in [0.25, 0.3) is 0 Å². The number of hydrogen-bond donors (Lipinski definition) is 0. The monoisotopic (exact) mass is 416 g/mol. The van der Waals surface area contributed by atoms with Crippen molar-refractivity contribution in [3.8, 4) is 0 Å². The van der Waals surface area contributed by atoms with Gasteiger partial charge < -0.3 is 14.2 Å². The van der Waals surface area contributed by atoms with E-state index in [1.165, 1.54) is 6.08 Å². The highest BCUT2D eigenvalue weighted by Crippen LogP contribution is 2.29. The van der Waals surface area contributed by atoms with Crippen molar-refractivity contribution < 1.29 is 38.4 Å². The largest absolute Gasteiger partial charge is 0.463 e. The lowest BCUT2D eigenvalue weighted by atomic mass is 9.81. The third-order valence-electron chi connectivity index (χ3n) is 4.27. The van der Waals surface area contributed by atoms with E-state index in [4.69, 9.17) is 19.1 Å². The molecule has 0 aromatic heterocycles. The van der Waals surface area contributed by atoms with Gasteiger partial charge in [0.15, 0.2) is 0 Å². The van der Waals surface area contributed by atoms with E-state index in [1.807, 2.05) is 6.92 Å². The maximum atomic E-state index is 12.0. The Hall–Kier alpha value is -1.93. The molecule has 0 aliphatic rings. The number of rotatable bonds is 17. The average molecular weight is 417 g/mol. The van der Waals surface area contributed by atoms with Crippen LogP contribution in [0.5, 0.6) is 0 Å². The van der Waals surface area contributed by atoms with Crippen LogP contribution >= 0.6 is 0 Å². The second-order valence-corrected chi connectivity index (χ2v) is 7.48. The summed E-state index contributed by atoms with van der Waals surface area (Å²) in [6.45, 7) is 12.1. The van der Waals surface area contributed by atoms with Gasteiger partial charge in [-0.15, -0.1) is 6.58 Å². The minimum absolute atomic E-state index is 0.000950. The first-order valence-corrected chi connectivity index (χ1v) is 10.0. The second kappa shape index (κ2) is 15.9. The Morgan fingerprint density at radius 3 is 2.03 bits per heavy atom. The normalized spacial score (nSPS) is 12.1. The molecule has 1 unspecified atom stereocenters. The molecule has 8 heteroatoms. The third-order valence-corrected chi connectivity index (χ3v) is 4.27. The number of carbonyl (C=O) groups is 3. The molecule has 0 saturated heterocycles. The van der Waals surface area contributed by atoms with Gasteiger partial charge in [0, 0.05) is 12.8 Å².